The Labute approximate surface area is 208 Å². The number of hydrogen-bond donors (Lipinski definition) is 0. The summed E-state index contributed by atoms with van der Waals surface area (Å²) in [6.07, 6.45) is 4.09. The number of piperazine rings is 1. The van der Waals surface area contributed by atoms with E-state index in [1.165, 1.54) is 12.1 Å². The molecule has 0 N–H and O–H groups in total. The molecule has 5 rings (SSSR count). The zero-order valence-corrected chi connectivity index (χ0v) is 20.6. The third kappa shape index (κ3) is 4.03. The van der Waals surface area contributed by atoms with Crippen LogP contribution in [0, 0.1) is 23.0 Å². The highest BCUT2D eigenvalue weighted by Crippen LogP contribution is 2.36. The van der Waals surface area contributed by atoms with E-state index in [0.717, 1.165) is 36.9 Å². The van der Waals surface area contributed by atoms with Gasteiger partial charge in [0.05, 0.1) is 5.52 Å². The van der Waals surface area contributed by atoms with Crippen molar-refractivity contribution in [2.24, 2.45) is 0 Å². The average Bonchev–Trinajstić information content (AvgIpc) is 3.39. The van der Waals surface area contributed by atoms with Gasteiger partial charge in [0.15, 0.2) is 17.5 Å². The summed E-state index contributed by atoms with van der Waals surface area (Å²) in [4.78, 5) is 14.1. The van der Waals surface area contributed by atoms with Crippen LogP contribution in [0.3, 0.4) is 0 Å². The monoisotopic (exact) mass is 490 g/mol. The van der Waals surface area contributed by atoms with E-state index in [-0.39, 0.29) is 18.1 Å². The fourth-order valence-corrected chi connectivity index (χ4v) is 5.40. The highest BCUT2D eigenvalue weighted by atomic mass is 19.2. The van der Waals surface area contributed by atoms with Gasteiger partial charge in [-0.1, -0.05) is 26.8 Å². The lowest BCUT2D eigenvalue weighted by Gasteiger charge is -2.49. The smallest absolute Gasteiger partial charge is 0.257 e. The van der Waals surface area contributed by atoms with Crippen molar-refractivity contribution >= 4 is 22.6 Å². The van der Waals surface area contributed by atoms with Crippen LogP contribution in [0.1, 0.15) is 57.3 Å². The lowest BCUT2D eigenvalue weighted by Crippen LogP contribution is -2.59. The summed E-state index contributed by atoms with van der Waals surface area (Å²) in [7, 11) is 0. The van der Waals surface area contributed by atoms with Crippen LogP contribution in [0.2, 0.25) is 0 Å². The maximum absolute atomic E-state index is 14.1. The first-order chi connectivity index (χ1) is 17.5. The van der Waals surface area contributed by atoms with Gasteiger partial charge in [-0.25, -0.2) is 13.8 Å². The van der Waals surface area contributed by atoms with E-state index in [0.29, 0.717) is 29.4 Å². The zero-order chi connectivity index (χ0) is 25.4. The molecule has 36 heavy (non-hydrogen) atoms. The number of benzene rings is 1. The van der Waals surface area contributed by atoms with Crippen molar-refractivity contribution < 1.29 is 8.78 Å². The van der Waals surface area contributed by atoms with E-state index < -0.39 is 11.6 Å². The van der Waals surface area contributed by atoms with E-state index in [1.54, 1.807) is 22.9 Å². The summed E-state index contributed by atoms with van der Waals surface area (Å²) in [5.41, 5.74) is 2.53. The van der Waals surface area contributed by atoms with Crippen molar-refractivity contribution in [2.45, 2.75) is 58.2 Å². The number of anilines is 1. The third-order valence-corrected chi connectivity index (χ3v) is 7.26. The molecule has 0 bridgehead atoms. The van der Waals surface area contributed by atoms with E-state index in [9.17, 15) is 14.0 Å². The second kappa shape index (κ2) is 9.74. The summed E-state index contributed by atoms with van der Waals surface area (Å²) in [6, 6.07) is 10.1. The number of hydrogen-bond acceptors (Lipinski definition) is 7. The Balaban J connectivity index is 1.58. The van der Waals surface area contributed by atoms with Crippen LogP contribution in [-0.4, -0.2) is 54.6 Å². The van der Waals surface area contributed by atoms with Crippen LogP contribution < -0.4 is 4.90 Å². The summed E-state index contributed by atoms with van der Waals surface area (Å²) >= 11 is 0. The highest BCUT2D eigenvalue weighted by molar-refractivity contribution is 5.88. The van der Waals surface area contributed by atoms with Gasteiger partial charge in [-0.2, -0.15) is 10.2 Å². The molecule has 0 aliphatic carbocycles. The highest BCUT2D eigenvalue weighted by Gasteiger charge is 2.37. The van der Waals surface area contributed by atoms with Crippen molar-refractivity contribution in [1.29, 1.82) is 5.26 Å². The van der Waals surface area contributed by atoms with Crippen molar-refractivity contribution in [3.8, 4) is 6.07 Å². The number of fused-ring (bicyclic) bond motifs is 3. The van der Waals surface area contributed by atoms with E-state index >= 15 is 0 Å². The Kier molecular flexibility index (Phi) is 6.49. The van der Waals surface area contributed by atoms with Crippen molar-refractivity contribution in [1.82, 2.24) is 29.5 Å². The molecular weight excluding hydrogens is 462 g/mol. The molecule has 1 saturated heterocycles. The summed E-state index contributed by atoms with van der Waals surface area (Å²) < 4.78 is 29.5. The molecule has 3 atom stereocenters. The molecule has 0 spiro atoms. The van der Waals surface area contributed by atoms with Gasteiger partial charge in [0.1, 0.15) is 23.6 Å². The minimum atomic E-state index is -0.831. The predicted octanol–water partition coefficient (Wildman–Crippen LogP) is 4.65. The largest absolute Gasteiger partial charge is 0.349 e. The first-order valence-electron chi connectivity index (χ1n) is 12.4. The molecule has 0 saturated carbocycles. The van der Waals surface area contributed by atoms with Crippen molar-refractivity contribution in [3.63, 3.8) is 0 Å². The number of halogens is 2. The van der Waals surface area contributed by atoms with Gasteiger partial charge >= 0.3 is 0 Å². The lowest BCUT2D eigenvalue weighted by atomic mass is 9.94. The van der Waals surface area contributed by atoms with Gasteiger partial charge in [0.2, 0.25) is 0 Å². The fraction of sp³-hybridized carbons (Fsp3) is 0.423. The topological polar surface area (TPSA) is 86.2 Å². The number of nitriles is 1. The molecule has 186 valence electrons. The molecule has 0 amide bonds. The Morgan fingerprint density at radius 2 is 1.83 bits per heavy atom. The molecule has 1 unspecified atom stereocenters. The van der Waals surface area contributed by atoms with Gasteiger partial charge in [-0.3, -0.25) is 9.30 Å². The van der Waals surface area contributed by atoms with Crippen LogP contribution in [0.25, 0.3) is 16.8 Å². The summed E-state index contributed by atoms with van der Waals surface area (Å²) in [5.74, 6) is -0.486. The molecule has 8 nitrogen and oxygen atoms in total. The average molecular weight is 491 g/mol. The summed E-state index contributed by atoms with van der Waals surface area (Å²) in [6.45, 7) is 7.76. The molecule has 0 radical (unpaired) electrons. The molecule has 1 aliphatic heterocycles. The SMILES string of the molecule is CCC(c1ccc(F)c(F)c1)N1C[C@H](CC)N(c2nc3nncn3c3ccc(C#N)nc23)C[C@H]1CC. The maximum Gasteiger partial charge on any atom is 0.257 e. The fourth-order valence-electron chi connectivity index (χ4n) is 5.40. The number of aromatic nitrogens is 5. The molecule has 1 aromatic carbocycles. The molecule has 10 heteroatoms. The van der Waals surface area contributed by atoms with E-state index in [2.05, 4.69) is 51.8 Å². The Morgan fingerprint density at radius 3 is 2.53 bits per heavy atom. The molecule has 4 aromatic rings. The Bertz CT molecular complexity index is 1450. The third-order valence-electron chi connectivity index (χ3n) is 7.26. The normalized spacial score (nSPS) is 19.6. The van der Waals surface area contributed by atoms with E-state index in [1.807, 2.05) is 6.07 Å². The van der Waals surface area contributed by atoms with Gasteiger partial charge < -0.3 is 4.90 Å². The first-order valence-corrected chi connectivity index (χ1v) is 12.4. The number of rotatable bonds is 6. The minimum absolute atomic E-state index is 0.0340. The summed E-state index contributed by atoms with van der Waals surface area (Å²) in [5, 5.41) is 17.7. The maximum atomic E-state index is 14.1. The number of pyridine rings is 1. The second-order valence-electron chi connectivity index (χ2n) is 9.18. The van der Waals surface area contributed by atoms with Gasteiger partial charge in [-0.05, 0) is 49.1 Å². The molecule has 1 aliphatic rings. The van der Waals surface area contributed by atoms with Crippen LogP contribution in [0.4, 0.5) is 14.6 Å². The van der Waals surface area contributed by atoms with Crippen molar-refractivity contribution in [3.05, 3.63) is 59.6 Å². The van der Waals surface area contributed by atoms with Crippen LogP contribution in [0.15, 0.2) is 36.7 Å². The van der Waals surface area contributed by atoms with Gasteiger partial charge in [-0.15, -0.1) is 10.2 Å². The molecule has 1 fully saturated rings. The van der Waals surface area contributed by atoms with Crippen molar-refractivity contribution in [2.75, 3.05) is 18.0 Å². The quantitative estimate of drug-likeness (QED) is 0.389. The minimum Gasteiger partial charge on any atom is -0.349 e. The predicted molar refractivity (Wildman–Crippen MR) is 132 cm³/mol. The zero-order valence-electron chi connectivity index (χ0n) is 20.6. The molecular formula is C26H28F2N8. The number of nitrogens with zero attached hydrogens (tertiary/aromatic N) is 8. The molecule has 4 heterocycles. The standard InChI is InChI=1S/C26H28F2N8/c1-4-18-14-35(19(5-2)13-34(18)22(6-3)16-7-9-20(27)21(28)11-16)25-24-23(10-8-17(12-29)31-24)36-15-30-33-26(36)32-25/h7-11,15,18-19,22H,4-6,13-14H2,1-3H3/t18-,19+,22?/m1/s1. The van der Waals surface area contributed by atoms with Crippen LogP contribution in [0.5, 0.6) is 0 Å². The van der Waals surface area contributed by atoms with Gasteiger partial charge in [0, 0.05) is 31.2 Å². The van der Waals surface area contributed by atoms with Crippen LogP contribution in [-0.2, 0) is 0 Å². The first kappa shape index (κ1) is 24.0. The lowest BCUT2D eigenvalue weighted by molar-refractivity contribution is 0.0894. The van der Waals surface area contributed by atoms with Gasteiger partial charge in [0.25, 0.3) is 5.78 Å². The Hall–Kier alpha value is -3.71. The molecule has 3 aromatic heterocycles. The van der Waals surface area contributed by atoms with Crippen LogP contribution >= 0.6 is 0 Å². The Morgan fingerprint density at radius 1 is 1.03 bits per heavy atom. The van der Waals surface area contributed by atoms with E-state index in [4.69, 9.17) is 4.98 Å². The second-order valence-corrected chi connectivity index (χ2v) is 9.18.